The summed E-state index contributed by atoms with van der Waals surface area (Å²) < 4.78 is 294. The highest BCUT2D eigenvalue weighted by atomic mass is 19.2. The van der Waals surface area contributed by atoms with E-state index in [2.05, 4.69) is 45.0 Å². The van der Waals surface area contributed by atoms with E-state index in [0.29, 0.717) is 0 Å². The Morgan fingerprint density at radius 2 is 0.607 bits per heavy atom. The standard InChI is InChI=1S/C24BF20.C15H25N/c26-5-1(6(27)14(35)21(42)13(5)34)25(2-7(28)15(36)22(43)16(37)8(2)29,3-9(30)17(38)23(44)18(39)10(3)31)4-11(32)19(40)24(45)20(41)12(4)33;1-4-7-9-14-10-8-11-15(12-14)13-16(5-2)6-3/h;8,10-12H,4-7,9,13H2,1-3H3/q-1;/p+1. The molecule has 1 N–H and O–H groups in total. The molecule has 0 fully saturated rings. The first-order valence-electron chi connectivity index (χ1n) is 17.6. The van der Waals surface area contributed by atoms with E-state index in [1.807, 2.05) is 0 Å². The van der Waals surface area contributed by atoms with E-state index < -0.39 is 144 Å². The van der Waals surface area contributed by atoms with Crippen molar-refractivity contribution in [3.8, 4) is 0 Å². The van der Waals surface area contributed by atoms with E-state index in [1.165, 1.54) is 50.0 Å². The molecule has 0 atom stereocenters. The second-order valence-electron chi connectivity index (χ2n) is 13.4. The molecule has 0 unspecified atom stereocenters. The fourth-order valence-corrected chi connectivity index (χ4v) is 6.94. The van der Waals surface area contributed by atoms with Crippen molar-refractivity contribution in [3.63, 3.8) is 0 Å². The first kappa shape index (κ1) is 48.4. The molecule has 0 aliphatic carbocycles. The molecular weight excluding hydrogens is 873 g/mol. The van der Waals surface area contributed by atoms with Crippen LogP contribution in [0.2, 0.25) is 0 Å². The molecular formula is C39H26BF20N. The Hall–Kier alpha value is -5.28. The second kappa shape index (κ2) is 18.8. The number of benzene rings is 5. The van der Waals surface area contributed by atoms with Gasteiger partial charge in [-0.1, -0.05) is 37.6 Å². The third kappa shape index (κ3) is 8.14. The third-order valence-electron chi connectivity index (χ3n) is 9.97. The molecule has 61 heavy (non-hydrogen) atoms. The zero-order chi connectivity index (χ0) is 46.2. The molecule has 0 aromatic heterocycles. The smallest absolute Gasteiger partial charge is 0.200 e. The van der Waals surface area contributed by atoms with Crippen molar-refractivity contribution in [2.75, 3.05) is 13.1 Å². The van der Waals surface area contributed by atoms with E-state index in [4.69, 9.17) is 0 Å². The highest BCUT2D eigenvalue weighted by Crippen LogP contribution is 2.30. The van der Waals surface area contributed by atoms with Crippen LogP contribution in [0.4, 0.5) is 87.8 Å². The number of nitrogens with one attached hydrogen (secondary N) is 1. The third-order valence-corrected chi connectivity index (χ3v) is 9.97. The lowest BCUT2D eigenvalue weighted by Crippen LogP contribution is -3.10. The number of rotatable bonds is 11. The molecule has 0 spiro atoms. The maximum absolute atomic E-state index is 15.4. The lowest BCUT2D eigenvalue weighted by atomic mass is 9.12. The van der Waals surface area contributed by atoms with E-state index in [1.54, 1.807) is 4.90 Å². The summed E-state index contributed by atoms with van der Waals surface area (Å²) in [5, 5.41) is 0. The fourth-order valence-electron chi connectivity index (χ4n) is 6.94. The van der Waals surface area contributed by atoms with Crippen LogP contribution < -0.4 is 26.8 Å². The highest BCUT2D eigenvalue weighted by Gasteiger charge is 2.52. The van der Waals surface area contributed by atoms with Gasteiger partial charge in [0, 0.05) is 5.56 Å². The van der Waals surface area contributed by atoms with Gasteiger partial charge in [0.25, 0.3) is 0 Å². The van der Waals surface area contributed by atoms with E-state index in [0.717, 1.165) is 0 Å². The summed E-state index contributed by atoms with van der Waals surface area (Å²) >= 11 is 0. The summed E-state index contributed by atoms with van der Waals surface area (Å²) in [7, 11) is 0. The zero-order valence-corrected chi connectivity index (χ0v) is 31.2. The van der Waals surface area contributed by atoms with E-state index in [-0.39, 0.29) is 0 Å². The minimum atomic E-state index is -7.22. The predicted molar refractivity (Wildman–Crippen MR) is 180 cm³/mol. The van der Waals surface area contributed by atoms with Gasteiger partial charge in [0.15, 0.2) is 69.8 Å². The molecule has 0 amide bonds. The van der Waals surface area contributed by atoms with Crippen LogP contribution in [0.5, 0.6) is 0 Å². The zero-order valence-electron chi connectivity index (χ0n) is 31.2. The van der Waals surface area contributed by atoms with Crippen LogP contribution in [-0.2, 0) is 13.0 Å². The van der Waals surface area contributed by atoms with Crippen LogP contribution in [0.1, 0.15) is 44.7 Å². The molecule has 5 rings (SSSR count). The first-order valence-corrected chi connectivity index (χ1v) is 17.6. The van der Waals surface area contributed by atoms with Gasteiger partial charge >= 0.3 is 0 Å². The maximum atomic E-state index is 15.4. The van der Waals surface area contributed by atoms with Gasteiger partial charge in [-0.05, 0) is 32.3 Å². The monoisotopic (exact) mass is 899 g/mol. The minimum absolute atomic E-state index is 1.17. The molecule has 5 aromatic carbocycles. The second-order valence-corrected chi connectivity index (χ2v) is 13.4. The number of hydrogen-bond donors (Lipinski definition) is 1. The van der Waals surface area contributed by atoms with Crippen LogP contribution in [0.3, 0.4) is 0 Å². The average Bonchev–Trinajstić information content (AvgIpc) is 3.25. The molecule has 5 aromatic rings. The largest absolute Gasteiger partial charge is 0.332 e. The van der Waals surface area contributed by atoms with Gasteiger partial charge in [-0.25, -0.2) is 87.8 Å². The Morgan fingerprint density at radius 3 is 0.852 bits per heavy atom. The van der Waals surface area contributed by atoms with Crippen molar-refractivity contribution in [2.24, 2.45) is 0 Å². The highest BCUT2D eigenvalue weighted by molar-refractivity contribution is 7.20. The molecule has 0 aliphatic heterocycles. The minimum Gasteiger partial charge on any atom is -0.332 e. The Labute approximate surface area is 332 Å². The lowest BCUT2D eigenvalue weighted by Gasteiger charge is -2.44. The van der Waals surface area contributed by atoms with Crippen molar-refractivity contribution in [1.29, 1.82) is 0 Å². The van der Waals surface area contributed by atoms with Gasteiger partial charge in [-0.3, -0.25) is 0 Å². The molecule has 22 heteroatoms. The van der Waals surface area contributed by atoms with Gasteiger partial charge in [0.05, 0.1) is 13.1 Å². The van der Waals surface area contributed by atoms with Crippen LogP contribution in [-0.4, -0.2) is 19.2 Å². The summed E-state index contributed by atoms with van der Waals surface area (Å²) in [5.74, 6) is -71.4. The Bertz CT molecular complexity index is 2100. The van der Waals surface area contributed by atoms with Crippen LogP contribution in [0.15, 0.2) is 24.3 Å². The Morgan fingerprint density at radius 1 is 0.361 bits per heavy atom. The normalized spacial score (nSPS) is 11.7. The first-order chi connectivity index (χ1) is 28.5. The van der Waals surface area contributed by atoms with Crippen LogP contribution in [0, 0.1) is 116 Å². The predicted octanol–water partition coefficient (Wildman–Crippen LogP) is 8.30. The molecule has 0 aliphatic rings. The van der Waals surface area contributed by atoms with Crippen molar-refractivity contribution in [3.05, 3.63) is 152 Å². The maximum Gasteiger partial charge on any atom is 0.200 e. The quantitative estimate of drug-likeness (QED) is 0.0590. The number of halogens is 20. The molecule has 330 valence electrons. The number of quaternary nitrogens is 1. The van der Waals surface area contributed by atoms with Gasteiger partial charge in [-0.15, -0.1) is 21.9 Å². The van der Waals surface area contributed by atoms with E-state index in [9.17, 15) is 52.7 Å². The number of unbranched alkanes of at least 4 members (excludes halogenated alkanes) is 1. The lowest BCUT2D eigenvalue weighted by molar-refractivity contribution is -0.910. The van der Waals surface area contributed by atoms with Crippen molar-refractivity contribution >= 4 is 28.0 Å². The Balaban J connectivity index is 0.000000430. The summed E-state index contributed by atoms with van der Waals surface area (Å²) in [6.45, 7) is 10.4. The topological polar surface area (TPSA) is 4.44 Å². The van der Waals surface area contributed by atoms with Gasteiger partial charge in [-0.2, -0.15) is 0 Å². The van der Waals surface area contributed by atoms with Gasteiger partial charge in [0.2, 0.25) is 0 Å². The molecule has 0 bridgehead atoms. The van der Waals surface area contributed by atoms with Gasteiger partial charge < -0.3 is 4.90 Å². The summed E-state index contributed by atoms with van der Waals surface area (Å²) in [4.78, 5) is 1.66. The van der Waals surface area contributed by atoms with Gasteiger partial charge in [0.1, 0.15) is 59.2 Å². The van der Waals surface area contributed by atoms with Crippen molar-refractivity contribution < 1.29 is 92.7 Å². The Kier molecular flexibility index (Phi) is 14.9. The van der Waals surface area contributed by atoms with Crippen molar-refractivity contribution in [1.82, 2.24) is 0 Å². The number of aryl methyl sites for hydroxylation is 1. The SMILES string of the molecule is CCCCc1cccc(C[NH+](CC)CC)c1.Fc1c(F)c(F)c([B-](c2c(F)c(F)c(F)c(F)c2F)(c2c(F)c(F)c(F)c(F)c2F)c2c(F)c(F)c(F)c(F)c2F)c(F)c1F. The fraction of sp³-hybridized carbons (Fsp3) is 0.231. The molecule has 0 saturated carbocycles. The summed E-state index contributed by atoms with van der Waals surface area (Å²) in [6.07, 6.45) is -3.39. The van der Waals surface area contributed by atoms with Crippen LogP contribution in [0.25, 0.3) is 0 Å². The summed E-state index contributed by atoms with van der Waals surface area (Å²) in [6, 6.07) is 9.13. The van der Waals surface area contributed by atoms with Crippen LogP contribution >= 0.6 is 0 Å². The van der Waals surface area contributed by atoms with Crippen molar-refractivity contribution in [2.45, 2.75) is 46.6 Å². The molecule has 0 saturated heterocycles. The molecule has 1 nitrogen and oxygen atoms in total. The number of hydrogen-bond acceptors (Lipinski definition) is 0. The molecule has 0 heterocycles. The molecule has 0 radical (unpaired) electrons. The average molecular weight is 899 g/mol. The van der Waals surface area contributed by atoms with E-state index >= 15 is 35.1 Å². The summed E-state index contributed by atoms with van der Waals surface area (Å²) in [5.41, 5.74) is -11.3.